The van der Waals surface area contributed by atoms with Crippen molar-refractivity contribution in [2.75, 3.05) is 12.4 Å². The van der Waals surface area contributed by atoms with Gasteiger partial charge in [0, 0.05) is 12.5 Å². The fourth-order valence-corrected chi connectivity index (χ4v) is 2.29. The van der Waals surface area contributed by atoms with E-state index in [1.807, 2.05) is 13.8 Å². The second-order valence-electron chi connectivity index (χ2n) is 4.05. The van der Waals surface area contributed by atoms with Gasteiger partial charge in [-0.25, -0.2) is 13.1 Å². The first kappa shape index (κ1) is 16.1. The molecule has 0 aromatic heterocycles. The van der Waals surface area contributed by atoms with Gasteiger partial charge in [-0.1, -0.05) is 5.16 Å². The van der Waals surface area contributed by atoms with E-state index in [1.165, 1.54) is 0 Å². The molecule has 7 nitrogen and oxygen atoms in total. The lowest BCUT2D eigenvalue weighted by Crippen LogP contribution is -2.38. The Morgan fingerprint density at radius 2 is 2.06 bits per heavy atom. The molecular formula is C9H21N3O4S. The van der Waals surface area contributed by atoms with Crippen LogP contribution < -0.4 is 10.5 Å². The molecule has 0 heterocycles. The molecule has 1 unspecified atom stereocenters. The molecular weight excluding hydrogens is 246 g/mol. The van der Waals surface area contributed by atoms with Crippen molar-refractivity contribution >= 4 is 15.9 Å². The fourth-order valence-electron chi connectivity index (χ4n) is 1.16. The molecule has 1 atom stereocenters. The first-order valence-corrected chi connectivity index (χ1v) is 7.00. The average molecular weight is 267 g/mol. The number of nitrogens with one attached hydrogen (secondary N) is 1. The quantitative estimate of drug-likeness (QED) is 0.245. The highest BCUT2D eigenvalue weighted by Gasteiger charge is 2.15. The van der Waals surface area contributed by atoms with Crippen molar-refractivity contribution in [3.8, 4) is 0 Å². The number of hydrogen-bond acceptors (Lipinski definition) is 5. The Kier molecular flexibility index (Phi) is 7.09. The van der Waals surface area contributed by atoms with Crippen molar-refractivity contribution in [2.24, 2.45) is 10.9 Å². The van der Waals surface area contributed by atoms with E-state index >= 15 is 0 Å². The molecule has 0 aliphatic rings. The van der Waals surface area contributed by atoms with Crippen LogP contribution in [0.15, 0.2) is 5.16 Å². The lowest BCUT2D eigenvalue weighted by atomic mass is 10.2. The van der Waals surface area contributed by atoms with Gasteiger partial charge < -0.3 is 15.7 Å². The number of rotatable bonds is 8. The van der Waals surface area contributed by atoms with E-state index in [0.29, 0.717) is 0 Å². The summed E-state index contributed by atoms with van der Waals surface area (Å²) in [6, 6.07) is -0.421. The van der Waals surface area contributed by atoms with E-state index in [4.69, 9.17) is 15.7 Å². The maximum atomic E-state index is 11.6. The van der Waals surface area contributed by atoms with Crippen LogP contribution in [0.5, 0.6) is 0 Å². The predicted molar refractivity (Wildman–Crippen MR) is 65.5 cm³/mol. The normalized spacial score (nSPS) is 15.2. The number of hydrogen-bond donors (Lipinski definition) is 3. The van der Waals surface area contributed by atoms with Crippen LogP contribution in [0, 0.1) is 0 Å². The molecule has 17 heavy (non-hydrogen) atoms. The number of ether oxygens (including phenoxy) is 1. The zero-order chi connectivity index (χ0) is 13.5. The highest BCUT2D eigenvalue weighted by Crippen LogP contribution is 1.96. The molecule has 0 amide bonds. The minimum Gasteiger partial charge on any atom is -0.409 e. The number of sulfonamides is 1. The van der Waals surface area contributed by atoms with E-state index in [2.05, 4.69) is 9.88 Å². The van der Waals surface area contributed by atoms with Crippen molar-refractivity contribution in [1.29, 1.82) is 0 Å². The SMILES string of the molecule is CC(CC(N)=NO)NS(=O)(=O)CCOC(C)C. The Morgan fingerprint density at radius 1 is 1.47 bits per heavy atom. The van der Waals surface area contributed by atoms with Gasteiger partial charge in [0.05, 0.1) is 18.5 Å². The van der Waals surface area contributed by atoms with Crippen LogP contribution in [0.3, 0.4) is 0 Å². The minimum absolute atomic E-state index is 0.000194. The molecule has 0 aliphatic carbocycles. The molecule has 8 heteroatoms. The second-order valence-corrected chi connectivity index (χ2v) is 5.93. The maximum Gasteiger partial charge on any atom is 0.214 e. The smallest absolute Gasteiger partial charge is 0.214 e. The Bertz CT molecular complexity index is 340. The lowest BCUT2D eigenvalue weighted by Gasteiger charge is -2.14. The summed E-state index contributed by atoms with van der Waals surface area (Å²) in [5, 5.41) is 11.1. The Hall–Kier alpha value is -0.860. The Labute approximate surface area is 102 Å². The summed E-state index contributed by atoms with van der Waals surface area (Å²) >= 11 is 0. The molecule has 0 saturated heterocycles. The number of oxime groups is 1. The number of amidine groups is 1. The lowest BCUT2D eigenvalue weighted by molar-refractivity contribution is 0.0911. The fraction of sp³-hybridized carbons (Fsp3) is 0.889. The van der Waals surface area contributed by atoms with Crippen LogP contribution in [0.4, 0.5) is 0 Å². The van der Waals surface area contributed by atoms with Gasteiger partial charge in [-0.05, 0) is 20.8 Å². The molecule has 0 aromatic carbocycles. The molecule has 0 spiro atoms. The molecule has 0 aliphatic heterocycles. The highest BCUT2D eigenvalue weighted by molar-refractivity contribution is 7.89. The summed E-state index contributed by atoms with van der Waals surface area (Å²) in [5.74, 6) is -0.121. The van der Waals surface area contributed by atoms with Crippen molar-refractivity contribution in [1.82, 2.24) is 4.72 Å². The van der Waals surface area contributed by atoms with Gasteiger partial charge in [0.1, 0.15) is 5.84 Å². The summed E-state index contributed by atoms with van der Waals surface area (Å²) in [4.78, 5) is 0. The molecule has 0 radical (unpaired) electrons. The zero-order valence-electron chi connectivity index (χ0n) is 10.4. The van der Waals surface area contributed by atoms with Crippen molar-refractivity contribution in [2.45, 2.75) is 39.3 Å². The third-order valence-corrected chi connectivity index (χ3v) is 3.29. The molecule has 0 aromatic rings. The largest absolute Gasteiger partial charge is 0.409 e. The van der Waals surface area contributed by atoms with Gasteiger partial charge >= 0.3 is 0 Å². The minimum atomic E-state index is -3.40. The first-order chi connectivity index (χ1) is 7.76. The predicted octanol–water partition coefficient (Wildman–Crippen LogP) is -0.144. The molecule has 4 N–H and O–H groups in total. The summed E-state index contributed by atoms with van der Waals surface area (Å²) in [6.07, 6.45) is 0.153. The molecule has 0 rings (SSSR count). The van der Waals surface area contributed by atoms with Crippen LogP contribution in [0.25, 0.3) is 0 Å². The van der Waals surface area contributed by atoms with Gasteiger partial charge in [0.25, 0.3) is 0 Å². The summed E-state index contributed by atoms with van der Waals surface area (Å²) in [6.45, 7) is 5.45. The third kappa shape index (κ3) is 8.90. The van der Waals surface area contributed by atoms with Crippen LogP contribution >= 0.6 is 0 Å². The number of nitrogens with zero attached hydrogens (tertiary/aromatic N) is 1. The standard InChI is InChI=1S/C9H21N3O4S/c1-7(2)16-4-5-17(14,15)12-8(3)6-9(10)11-13/h7-8,12-13H,4-6H2,1-3H3,(H2,10,11). The van der Waals surface area contributed by atoms with Crippen LogP contribution in [-0.4, -0.2) is 44.0 Å². The van der Waals surface area contributed by atoms with Gasteiger partial charge in [0.2, 0.25) is 10.0 Å². The van der Waals surface area contributed by atoms with E-state index in [-0.39, 0.29) is 30.7 Å². The maximum absolute atomic E-state index is 11.6. The summed E-state index contributed by atoms with van der Waals surface area (Å²) < 4.78 is 30.7. The molecule has 0 saturated carbocycles. The highest BCUT2D eigenvalue weighted by atomic mass is 32.2. The van der Waals surface area contributed by atoms with Crippen molar-refractivity contribution in [3.05, 3.63) is 0 Å². The van der Waals surface area contributed by atoms with E-state index in [0.717, 1.165) is 0 Å². The van der Waals surface area contributed by atoms with E-state index < -0.39 is 16.1 Å². The van der Waals surface area contributed by atoms with E-state index in [9.17, 15) is 8.42 Å². The molecule has 0 bridgehead atoms. The topological polar surface area (TPSA) is 114 Å². The van der Waals surface area contributed by atoms with Gasteiger partial charge in [-0.2, -0.15) is 0 Å². The first-order valence-electron chi connectivity index (χ1n) is 5.35. The Morgan fingerprint density at radius 3 is 2.53 bits per heavy atom. The molecule has 102 valence electrons. The summed E-state index contributed by atoms with van der Waals surface area (Å²) in [7, 11) is -3.40. The van der Waals surface area contributed by atoms with Crippen molar-refractivity contribution < 1.29 is 18.4 Å². The monoisotopic (exact) mass is 267 g/mol. The third-order valence-electron chi connectivity index (χ3n) is 1.83. The van der Waals surface area contributed by atoms with Gasteiger partial charge in [-0.15, -0.1) is 0 Å². The van der Waals surface area contributed by atoms with Crippen LogP contribution in [-0.2, 0) is 14.8 Å². The van der Waals surface area contributed by atoms with Crippen LogP contribution in [0.1, 0.15) is 27.2 Å². The van der Waals surface area contributed by atoms with E-state index in [1.54, 1.807) is 6.92 Å². The Balaban J connectivity index is 4.08. The van der Waals surface area contributed by atoms with Crippen molar-refractivity contribution in [3.63, 3.8) is 0 Å². The number of nitrogens with two attached hydrogens (primary N) is 1. The zero-order valence-corrected chi connectivity index (χ0v) is 11.2. The van der Waals surface area contributed by atoms with Gasteiger partial charge in [-0.3, -0.25) is 0 Å². The second kappa shape index (κ2) is 7.46. The summed E-state index contributed by atoms with van der Waals surface area (Å²) in [5.41, 5.74) is 5.27. The van der Waals surface area contributed by atoms with Crippen LogP contribution in [0.2, 0.25) is 0 Å². The van der Waals surface area contributed by atoms with Gasteiger partial charge in [0.15, 0.2) is 0 Å². The molecule has 0 fully saturated rings. The average Bonchev–Trinajstić information content (AvgIpc) is 2.15.